The van der Waals surface area contributed by atoms with Crippen LogP contribution in [0.4, 0.5) is 0 Å². The molecule has 4 nitrogen and oxygen atoms in total. The molecule has 0 saturated heterocycles. The summed E-state index contributed by atoms with van der Waals surface area (Å²) in [6, 6.07) is -0.0314. The van der Waals surface area contributed by atoms with Crippen LogP contribution < -0.4 is 5.73 Å². The lowest BCUT2D eigenvalue weighted by molar-refractivity contribution is 0.645. The lowest BCUT2D eigenvalue weighted by atomic mass is 10.1. The minimum Gasteiger partial charge on any atom is -0.323 e. The van der Waals surface area contributed by atoms with Gasteiger partial charge in [0, 0.05) is 13.1 Å². The molecule has 68 valence electrons. The molecule has 0 aliphatic carbocycles. The van der Waals surface area contributed by atoms with Crippen molar-refractivity contribution >= 4 is 0 Å². The maximum absolute atomic E-state index is 5.75. The summed E-state index contributed by atoms with van der Waals surface area (Å²) in [6.45, 7) is 6.16. The van der Waals surface area contributed by atoms with E-state index >= 15 is 0 Å². The van der Waals surface area contributed by atoms with Crippen molar-refractivity contribution < 1.29 is 0 Å². The van der Waals surface area contributed by atoms with Crippen LogP contribution in [0.25, 0.3) is 0 Å². The fourth-order valence-electron chi connectivity index (χ4n) is 1.37. The van der Waals surface area contributed by atoms with E-state index in [-0.39, 0.29) is 6.04 Å². The van der Waals surface area contributed by atoms with E-state index in [9.17, 15) is 0 Å². The maximum Gasteiger partial charge on any atom is 0.103 e. The van der Waals surface area contributed by atoms with Gasteiger partial charge in [-0.2, -0.15) is 0 Å². The first-order valence-electron chi connectivity index (χ1n) is 4.19. The van der Waals surface area contributed by atoms with Crippen molar-refractivity contribution in [1.29, 1.82) is 0 Å². The molecule has 2 N–H and O–H groups in total. The summed E-state index contributed by atoms with van der Waals surface area (Å²) < 4.78 is 1.80. The summed E-state index contributed by atoms with van der Waals surface area (Å²) in [5, 5.41) is 7.97. The Morgan fingerprint density at radius 3 is 2.25 bits per heavy atom. The van der Waals surface area contributed by atoms with Crippen LogP contribution in [0.15, 0.2) is 0 Å². The third-order valence-electron chi connectivity index (χ3n) is 1.88. The van der Waals surface area contributed by atoms with Crippen LogP contribution in [0, 0.1) is 0 Å². The Balaban J connectivity index is 3.12. The van der Waals surface area contributed by atoms with E-state index in [4.69, 9.17) is 5.73 Å². The van der Waals surface area contributed by atoms with Crippen LogP contribution in [0.5, 0.6) is 0 Å². The van der Waals surface area contributed by atoms with E-state index in [2.05, 4.69) is 24.2 Å². The number of hydrogen-bond donors (Lipinski definition) is 1. The molecule has 1 atom stereocenters. The first kappa shape index (κ1) is 9.19. The van der Waals surface area contributed by atoms with Gasteiger partial charge in [-0.05, 0) is 12.8 Å². The highest BCUT2D eigenvalue weighted by atomic mass is 15.4. The van der Waals surface area contributed by atoms with E-state index in [0.717, 1.165) is 11.4 Å². The Morgan fingerprint density at radius 1 is 1.33 bits per heavy atom. The summed E-state index contributed by atoms with van der Waals surface area (Å²) in [4.78, 5) is 0. The molecule has 4 heteroatoms. The lowest BCUT2D eigenvalue weighted by Crippen LogP contribution is -2.10. The first-order valence-corrected chi connectivity index (χ1v) is 4.19. The van der Waals surface area contributed by atoms with Gasteiger partial charge in [-0.1, -0.05) is 19.1 Å². The number of aryl methyl sites for hydroxylation is 1. The van der Waals surface area contributed by atoms with E-state index in [0.29, 0.717) is 5.92 Å². The zero-order valence-electron chi connectivity index (χ0n) is 8.07. The van der Waals surface area contributed by atoms with Gasteiger partial charge in [-0.25, -0.2) is 0 Å². The predicted molar refractivity (Wildman–Crippen MR) is 47.7 cm³/mol. The molecule has 0 radical (unpaired) electrons. The monoisotopic (exact) mass is 168 g/mol. The molecule has 0 fully saturated rings. The molecule has 0 aliphatic heterocycles. The molecule has 1 aromatic heterocycles. The second kappa shape index (κ2) is 3.23. The highest BCUT2D eigenvalue weighted by molar-refractivity contribution is 5.16. The van der Waals surface area contributed by atoms with Gasteiger partial charge < -0.3 is 5.73 Å². The number of aromatic nitrogens is 3. The summed E-state index contributed by atoms with van der Waals surface area (Å²) in [6.07, 6.45) is 0. The van der Waals surface area contributed by atoms with Crippen molar-refractivity contribution in [3.05, 3.63) is 11.4 Å². The number of rotatable bonds is 2. The van der Waals surface area contributed by atoms with Crippen molar-refractivity contribution in [2.24, 2.45) is 12.8 Å². The van der Waals surface area contributed by atoms with Crippen molar-refractivity contribution in [3.8, 4) is 0 Å². The fourth-order valence-corrected chi connectivity index (χ4v) is 1.37. The molecular formula is C8H16N4. The minimum absolute atomic E-state index is 0.0314. The third kappa shape index (κ3) is 1.48. The third-order valence-corrected chi connectivity index (χ3v) is 1.88. The Hall–Kier alpha value is -0.900. The normalized spacial score (nSPS) is 13.8. The average molecular weight is 168 g/mol. The summed E-state index contributed by atoms with van der Waals surface area (Å²) in [5.41, 5.74) is 7.79. The first-order chi connectivity index (χ1) is 5.54. The van der Waals surface area contributed by atoms with Crippen LogP contribution in [-0.2, 0) is 7.05 Å². The summed E-state index contributed by atoms with van der Waals surface area (Å²) in [5.74, 6) is 0.422. The lowest BCUT2D eigenvalue weighted by Gasteiger charge is -2.09. The summed E-state index contributed by atoms with van der Waals surface area (Å²) >= 11 is 0. The molecule has 0 bridgehead atoms. The SMILES string of the molecule is CC(C)c1c(C(C)N)nnn1C. The second-order valence-electron chi connectivity index (χ2n) is 3.43. The Morgan fingerprint density at radius 2 is 1.92 bits per heavy atom. The van der Waals surface area contributed by atoms with Crippen molar-refractivity contribution in [2.45, 2.75) is 32.7 Å². The number of nitrogens with two attached hydrogens (primary N) is 1. The molecule has 0 spiro atoms. The van der Waals surface area contributed by atoms with Gasteiger partial charge in [0.15, 0.2) is 0 Å². The smallest absolute Gasteiger partial charge is 0.103 e. The number of hydrogen-bond acceptors (Lipinski definition) is 3. The van der Waals surface area contributed by atoms with Crippen LogP contribution in [0.3, 0.4) is 0 Å². The van der Waals surface area contributed by atoms with Crippen molar-refractivity contribution in [3.63, 3.8) is 0 Å². The largest absolute Gasteiger partial charge is 0.323 e. The van der Waals surface area contributed by atoms with Gasteiger partial charge in [0.2, 0.25) is 0 Å². The molecular weight excluding hydrogens is 152 g/mol. The van der Waals surface area contributed by atoms with Crippen LogP contribution in [0.1, 0.15) is 44.1 Å². The minimum atomic E-state index is -0.0314. The molecule has 12 heavy (non-hydrogen) atoms. The van der Waals surface area contributed by atoms with Crippen LogP contribution in [0.2, 0.25) is 0 Å². The van der Waals surface area contributed by atoms with E-state index < -0.39 is 0 Å². The van der Waals surface area contributed by atoms with Crippen LogP contribution >= 0.6 is 0 Å². The highest BCUT2D eigenvalue weighted by Gasteiger charge is 2.16. The molecule has 1 unspecified atom stereocenters. The number of nitrogens with zero attached hydrogens (tertiary/aromatic N) is 3. The Kier molecular flexibility index (Phi) is 2.47. The molecule has 1 rings (SSSR count). The zero-order chi connectivity index (χ0) is 9.30. The van der Waals surface area contributed by atoms with Gasteiger partial charge in [-0.15, -0.1) is 5.10 Å². The van der Waals surface area contributed by atoms with Gasteiger partial charge in [0.25, 0.3) is 0 Å². The molecule has 1 heterocycles. The van der Waals surface area contributed by atoms with E-state index in [1.54, 1.807) is 4.68 Å². The topological polar surface area (TPSA) is 56.7 Å². The van der Waals surface area contributed by atoms with Gasteiger partial charge in [0.05, 0.1) is 5.69 Å². The zero-order valence-corrected chi connectivity index (χ0v) is 8.07. The standard InChI is InChI=1S/C8H16N4/c1-5(2)8-7(6(3)9)10-11-12(8)4/h5-6H,9H2,1-4H3. The Bertz CT molecular complexity index is 262. The Labute approximate surface area is 72.8 Å². The quantitative estimate of drug-likeness (QED) is 0.715. The van der Waals surface area contributed by atoms with E-state index in [1.165, 1.54) is 0 Å². The van der Waals surface area contributed by atoms with E-state index in [1.807, 2.05) is 14.0 Å². The molecule has 0 amide bonds. The summed E-state index contributed by atoms with van der Waals surface area (Å²) in [7, 11) is 1.90. The molecule has 0 aromatic carbocycles. The maximum atomic E-state index is 5.75. The van der Waals surface area contributed by atoms with Crippen molar-refractivity contribution in [2.75, 3.05) is 0 Å². The van der Waals surface area contributed by atoms with Gasteiger partial charge in [-0.3, -0.25) is 4.68 Å². The van der Waals surface area contributed by atoms with Crippen LogP contribution in [-0.4, -0.2) is 15.0 Å². The molecule has 1 aromatic rings. The van der Waals surface area contributed by atoms with Crippen molar-refractivity contribution in [1.82, 2.24) is 15.0 Å². The molecule has 0 saturated carbocycles. The molecule has 0 aliphatic rings. The van der Waals surface area contributed by atoms with Gasteiger partial charge >= 0.3 is 0 Å². The van der Waals surface area contributed by atoms with Gasteiger partial charge in [0.1, 0.15) is 5.69 Å². The average Bonchev–Trinajstić information content (AvgIpc) is 2.30. The predicted octanol–water partition coefficient (Wildman–Crippen LogP) is 0.958. The highest BCUT2D eigenvalue weighted by Crippen LogP contribution is 2.20. The second-order valence-corrected chi connectivity index (χ2v) is 3.43. The fraction of sp³-hybridized carbons (Fsp3) is 0.750.